The molecule has 106 valence electrons. The van der Waals surface area contributed by atoms with Crippen molar-refractivity contribution in [1.82, 2.24) is 25.1 Å². The van der Waals surface area contributed by atoms with E-state index in [0.717, 1.165) is 18.9 Å². The maximum atomic E-state index is 14.5. The first-order chi connectivity index (χ1) is 9.79. The van der Waals surface area contributed by atoms with Crippen LogP contribution < -0.4 is 10.2 Å². The SMILES string of the molecule is CCNCc1ccnc(N2CCn3cnnc3C2)c1F. The quantitative estimate of drug-likeness (QED) is 0.900. The average Bonchev–Trinajstić information content (AvgIpc) is 2.93. The molecule has 0 fully saturated rings. The Morgan fingerprint density at radius 2 is 2.30 bits per heavy atom. The third-order valence-electron chi connectivity index (χ3n) is 3.45. The van der Waals surface area contributed by atoms with E-state index in [1.165, 1.54) is 0 Å². The standard InChI is InChI=1S/C13H17FN6/c1-2-15-7-10-3-4-16-13(12(10)14)19-5-6-20-9-17-18-11(20)8-19/h3-4,9,15H,2,5-8H2,1H3. The van der Waals surface area contributed by atoms with Crippen LogP contribution >= 0.6 is 0 Å². The summed E-state index contributed by atoms with van der Waals surface area (Å²) in [6.07, 6.45) is 3.36. The van der Waals surface area contributed by atoms with E-state index >= 15 is 0 Å². The average molecular weight is 276 g/mol. The summed E-state index contributed by atoms with van der Waals surface area (Å²) in [5, 5.41) is 11.1. The van der Waals surface area contributed by atoms with Crippen LogP contribution in [0.5, 0.6) is 0 Å². The summed E-state index contributed by atoms with van der Waals surface area (Å²) in [6, 6.07) is 1.72. The molecule has 3 rings (SSSR count). The molecule has 3 heterocycles. The minimum Gasteiger partial charge on any atom is -0.345 e. The van der Waals surface area contributed by atoms with Gasteiger partial charge < -0.3 is 14.8 Å². The normalized spacial score (nSPS) is 14.4. The van der Waals surface area contributed by atoms with E-state index in [1.807, 2.05) is 16.4 Å². The van der Waals surface area contributed by atoms with Crippen molar-refractivity contribution in [3.63, 3.8) is 0 Å². The molecule has 0 saturated carbocycles. The van der Waals surface area contributed by atoms with E-state index in [1.54, 1.807) is 18.6 Å². The predicted octanol–water partition coefficient (Wildman–Crippen LogP) is 0.942. The van der Waals surface area contributed by atoms with Crippen molar-refractivity contribution in [3.8, 4) is 0 Å². The third kappa shape index (κ3) is 2.36. The first kappa shape index (κ1) is 13.0. The molecule has 0 atom stereocenters. The predicted molar refractivity (Wildman–Crippen MR) is 72.6 cm³/mol. The van der Waals surface area contributed by atoms with Crippen LogP contribution in [0.25, 0.3) is 0 Å². The summed E-state index contributed by atoms with van der Waals surface area (Å²) >= 11 is 0. The number of halogens is 1. The Balaban J connectivity index is 1.84. The molecule has 6 nitrogen and oxygen atoms in total. The van der Waals surface area contributed by atoms with Crippen molar-refractivity contribution in [2.24, 2.45) is 0 Å². The minimum atomic E-state index is -0.249. The largest absolute Gasteiger partial charge is 0.345 e. The van der Waals surface area contributed by atoms with Crippen molar-refractivity contribution in [3.05, 3.63) is 35.8 Å². The summed E-state index contributed by atoms with van der Waals surface area (Å²) in [7, 11) is 0. The van der Waals surface area contributed by atoms with Gasteiger partial charge in [-0.3, -0.25) is 0 Å². The lowest BCUT2D eigenvalue weighted by Crippen LogP contribution is -2.35. The first-order valence-corrected chi connectivity index (χ1v) is 6.75. The smallest absolute Gasteiger partial charge is 0.170 e. The second kappa shape index (κ2) is 5.54. The molecule has 20 heavy (non-hydrogen) atoms. The van der Waals surface area contributed by atoms with E-state index in [9.17, 15) is 4.39 Å². The van der Waals surface area contributed by atoms with E-state index in [-0.39, 0.29) is 5.82 Å². The summed E-state index contributed by atoms with van der Waals surface area (Å²) < 4.78 is 16.5. The molecule has 7 heteroatoms. The fraction of sp³-hybridized carbons (Fsp3) is 0.462. The summed E-state index contributed by atoms with van der Waals surface area (Å²) in [5.74, 6) is 0.991. The molecule has 0 amide bonds. The van der Waals surface area contributed by atoms with Gasteiger partial charge in [0.2, 0.25) is 0 Å². The maximum Gasteiger partial charge on any atom is 0.170 e. The Labute approximate surface area is 116 Å². The second-order valence-electron chi connectivity index (χ2n) is 4.75. The van der Waals surface area contributed by atoms with Gasteiger partial charge in [-0.1, -0.05) is 6.92 Å². The number of fused-ring (bicyclic) bond motifs is 1. The molecule has 0 aromatic carbocycles. The number of nitrogens with one attached hydrogen (secondary N) is 1. The molecule has 1 N–H and O–H groups in total. The van der Waals surface area contributed by atoms with Crippen molar-refractivity contribution in [2.45, 2.75) is 26.6 Å². The van der Waals surface area contributed by atoms with Crippen LogP contribution in [-0.2, 0) is 19.6 Å². The van der Waals surface area contributed by atoms with Crippen LogP contribution in [0.1, 0.15) is 18.3 Å². The van der Waals surface area contributed by atoms with Gasteiger partial charge in [-0.2, -0.15) is 0 Å². The number of anilines is 1. The summed E-state index contributed by atoms with van der Waals surface area (Å²) in [4.78, 5) is 6.11. The number of nitrogens with zero attached hydrogens (tertiary/aromatic N) is 5. The fourth-order valence-corrected chi connectivity index (χ4v) is 2.34. The zero-order valence-electron chi connectivity index (χ0n) is 11.4. The molecular formula is C13H17FN6. The van der Waals surface area contributed by atoms with Gasteiger partial charge in [-0.25, -0.2) is 9.37 Å². The molecule has 2 aromatic rings. The number of pyridine rings is 1. The van der Waals surface area contributed by atoms with E-state index in [0.29, 0.717) is 31.0 Å². The molecule has 0 aliphatic carbocycles. The van der Waals surface area contributed by atoms with Gasteiger partial charge in [0.25, 0.3) is 0 Å². The first-order valence-electron chi connectivity index (χ1n) is 6.75. The fourth-order valence-electron chi connectivity index (χ4n) is 2.34. The number of hydrogen-bond acceptors (Lipinski definition) is 5. The van der Waals surface area contributed by atoms with Crippen LogP contribution in [0.3, 0.4) is 0 Å². The number of rotatable bonds is 4. The van der Waals surface area contributed by atoms with Crippen LogP contribution in [0.2, 0.25) is 0 Å². The molecule has 0 spiro atoms. The number of hydrogen-bond donors (Lipinski definition) is 1. The van der Waals surface area contributed by atoms with E-state index in [2.05, 4.69) is 20.5 Å². The number of aromatic nitrogens is 4. The van der Waals surface area contributed by atoms with Crippen LogP contribution in [0.15, 0.2) is 18.6 Å². The third-order valence-corrected chi connectivity index (χ3v) is 3.45. The molecular weight excluding hydrogens is 259 g/mol. The lowest BCUT2D eigenvalue weighted by molar-refractivity contribution is 0.530. The Hall–Kier alpha value is -2.02. The molecule has 0 bridgehead atoms. The highest BCUT2D eigenvalue weighted by Gasteiger charge is 2.22. The Bertz CT molecular complexity index is 596. The van der Waals surface area contributed by atoms with Gasteiger partial charge >= 0.3 is 0 Å². The maximum absolute atomic E-state index is 14.5. The van der Waals surface area contributed by atoms with Gasteiger partial charge in [0.1, 0.15) is 6.33 Å². The highest BCUT2D eigenvalue weighted by Crippen LogP contribution is 2.23. The monoisotopic (exact) mass is 276 g/mol. The molecule has 0 radical (unpaired) electrons. The second-order valence-corrected chi connectivity index (χ2v) is 4.75. The van der Waals surface area contributed by atoms with E-state index < -0.39 is 0 Å². The van der Waals surface area contributed by atoms with Gasteiger partial charge in [0.15, 0.2) is 17.5 Å². The van der Waals surface area contributed by atoms with Gasteiger partial charge in [0.05, 0.1) is 6.54 Å². The van der Waals surface area contributed by atoms with Gasteiger partial charge in [-0.15, -0.1) is 10.2 Å². The zero-order chi connectivity index (χ0) is 13.9. The lowest BCUT2D eigenvalue weighted by Gasteiger charge is -2.28. The summed E-state index contributed by atoms with van der Waals surface area (Å²) in [5.41, 5.74) is 0.642. The molecule has 0 saturated heterocycles. The molecule has 1 aliphatic heterocycles. The molecule has 1 aliphatic rings. The van der Waals surface area contributed by atoms with Gasteiger partial charge in [0, 0.05) is 31.4 Å². The minimum absolute atomic E-state index is 0.249. The van der Waals surface area contributed by atoms with Crippen LogP contribution in [0.4, 0.5) is 10.2 Å². The molecule has 2 aromatic heterocycles. The lowest BCUT2D eigenvalue weighted by atomic mass is 10.2. The van der Waals surface area contributed by atoms with Crippen molar-refractivity contribution in [2.75, 3.05) is 18.0 Å². The molecule has 0 unspecified atom stereocenters. The highest BCUT2D eigenvalue weighted by atomic mass is 19.1. The van der Waals surface area contributed by atoms with E-state index in [4.69, 9.17) is 0 Å². The summed E-state index contributed by atoms with van der Waals surface area (Å²) in [6.45, 7) is 5.32. The Kier molecular flexibility index (Phi) is 3.60. The van der Waals surface area contributed by atoms with Gasteiger partial charge in [-0.05, 0) is 12.6 Å². The van der Waals surface area contributed by atoms with Crippen LogP contribution in [0, 0.1) is 5.82 Å². The Morgan fingerprint density at radius 3 is 3.15 bits per heavy atom. The van der Waals surface area contributed by atoms with Crippen LogP contribution in [-0.4, -0.2) is 32.8 Å². The zero-order valence-corrected chi connectivity index (χ0v) is 11.4. The Morgan fingerprint density at radius 1 is 1.40 bits per heavy atom. The topological polar surface area (TPSA) is 58.9 Å². The highest BCUT2D eigenvalue weighted by molar-refractivity contribution is 5.43. The van der Waals surface area contributed by atoms with Crippen molar-refractivity contribution in [1.29, 1.82) is 0 Å². The van der Waals surface area contributed by atoms with Crippen molar-refractivity contribution >= 4 is 5.82 Å². The van der Waals surface area contributed by atoms with Crippen molar-refractivity contribution < 1.29 is 4.39 Å².